The van der Waals surface area contributed by atoms with Gasteiger partial charge in [0.05, 0.1) is 6.10 Å². The van der Waals surface area contributed by atoms with E-state index in [0.29, 0.717) is 36.4 Å². The van der Waals surface area contributed by atoms with Crippen LogP contribution in [-0.2, 0) is 15.0 Å². The number of rotatable bonds is 2. The second kappa shape index (κ2) is 7.65. The number of ether oxygens (including phenoxy) is 3. The average Bonchev–Trinajstić information content (AvgIpc) is 3.16. The van der Waals surface area contributed by atoms with Gasteiger partial charge in [0.15, 0.2) is 0 Å². The molecule has 3 atom stereocenters. The molecule has 1 saturated heterocycles. The minimum absolute atomic E-state index is 0.0939. The highest BCUT2D eigenvalue weighted by Gasteiger charge is 2.56. The molecule has 0 radical (unpaired) electrons. The van der Waals surface area contributed by atoms with Crippen molar-refractivity contribution in [3.05, 3.63) is 48.0 Å². The average molecular weight is 440 g/mol. The molecule has 0 aliphatic carbocycles. The Morgan fingerprint density at radius 2 is 2.22 bits per heavy atom. The largest absolute Gasteiger partial charge is 0.490 e. The lowest BCUT2D eigenvalue weighted by atomic mass is 9.71. The Hall–Kier alpha value is -3.36. The van der Waals surface area contributed by atoms with Crippen LogP contribution in [0.1, 0.15) is 25.8 Å². The summed E-state index contributed by atoms with van der Waals surface area (Å²) in [6, 6.07) is 8.97. The van der Waals surface area contributed by atoms with Crippen LogP contribution in [0, 0.1) is 11.9 Å². The summed E-state index contributed by atoms with van der Waals surface area (Å²) in [5.41, 5.74) is 6.93. The normalized spacial score (nSPS) is 26.1. The smallest absolute Gasteiger partial charge is 0.410 e. The van der Waals surface area contributed by atoms with Gasteiger partial charge in [-0.1, -0.05) is 6.07 Å². The number of carbonyl (C=O) groups excluding carboxylic acids is 1. The van der Waals surface area contributed by atoms with E-state index in [-0.39, 0.29) is 36.8 Å². The molecule has 32 heavy (non-hydrogen) atoms. The third kappa shape index (κ3) is 3.32. The number of hydrogen-bond donors (Lipinski definition) is 1. The molecular weight excluding hydrogens is 415 g/mol. The molecule has 3 aliphatic heterocycles. The van der Waals surface area contributed by atoms with Crippen LogP contribution in [0.4, 0.5) is 9.18 Å². The second-order valence-electron chi connectivity index (χ2n) is 8.65. The number of nitrogens with two attached hydrogens (primary N) is 1. The molecule has 168 valence electrons. The number of amidine groups is 1. The van der Waals surface area contributed by atoms with Crippen LogP contribution in [0.5, 0.6) is 5.75 Å². The first-order chi connectivity index (χ1) is 15.4. The van der Waals surface area contributed by atoms with E-state index in [4.69, 9.17) is 24.9 Å². The van der Waals surface area contributed by atoms with Gasteiger partial charge in [0, 0.05) is 42.8 Å². The van der Waals surface area contributed by atoms with Crippen LogP contribution < -0.4 is 10.5 Å². The molecule has 1 fully saturated rings. The standard InChI is InChI=1S/C23H25FN4O4/c1-13(2)31-22(29)28-9-7-19-17(11-28)23(12-30-21(25)27-23)16-10-14(5-6-18(16)32-19)15-4-3-8-26-20(15)24/h3-6,8,10,13,17,19H,7,9,11-12H2,1-2H3,(H2,25,27)/t17-,19?,23?/m0/s1. The number of likely N-dealkylation sites (tertiary alicyclic amines) is 1. The quantitative estimate of drug-likeness (QED) is 0.721. The van der Waals surface area contributed by atoms with Crippen molar-refractivity contribution in [2.75, 3.05) is 19.7 Å². The summed E-state index contributed by atoms with van der Waals surface area (Å²) >= 11 is 0. The minimum Gasteiger partial charge on any atom is -0.490 e. The van der Waals surface area contributed by atoms with Crippen molar-refractivity contribution in [2.45, 2.75) is 38.0 Å². The lowest BCUT2D eigenvalue weighted by Gasteiger charge is -2.48. The molecule has 4 heterocycles. The van der Waals surface area contributed by atoms with Gasteiger partial charge in [-0.2, -0.15) is 4.39 Å². The summed E-state index contributed by atoms with van der Waals surface area (Å²) in [6.45, 7) is 4.78. The molecule has 1 aromatic carbocycles. The highest BCUT2D eigenvalue weighted by atomic mass is 19.1. The number of benzene rings is 1. The van der Waals surface area contributed by atoms with Crippen LogP contribution in [0.3, 0.4) is 0 Å². The number of amides is 1. The van der Waals surface area contributed by atoms with E-state index < -0.39 is 11.5 Å². The van der Waals surface area contributed by atoms with Gasteiger partial charge in [-0.15, -0.1) is 0 Å². The maximum atomic E-state index is 14.4. The Balaban J connectivity index is 1.57. The molecule has 1 amide bonds. The van der Waals surface area contributed by atoms with Crippen LogP contribution in [0.15, 0.2) is 41.5 Å². The number of aromatic nitrogens is 1. The number of fused-ring (bicyclic) bond motifs is 4. The van der Waals surface area contributed by atoms with E-state index in [1.807, 2.05) is 32.0 Å². The molecule has 8 nitrogen and oxygen atoms in total. The fourth-order valence-corrected chi connectivity index (χ4v) is 4.85. The first-order valence-corrected chi connectivity index (χ1v) is 10.7. The number of halogens is 1. The number of hydrogen-bond acceptors (Lipinski definition) is 7. The fraction of sp³-hybridized carbons (Fsp3) is 0.435. The van der Waals surface area contributed by atoms with Crippen molar-refractivity contribution >= 4 is 12.1 Å². The second-order valence-corrected chi connectivity index (χ2v) is 8.65. The fourth-order valence-electron chi connectivity index (χ4n) is 4.85. The van der Waals surface area contributed by atoms with Crippen molar-refractivity contribution in [2.24, 2.45) is 16.6 Å². The van der Waals surface area contributed by atoms with Crippen LogP contribution in [0.2, 0.25) is 0 Å². The molecule has 1 aromatic heterocycles. The first kappa shape index (κ1) is 20.5. The first-order valence-electron chi connectivity index (χ1n) is 10.7. The summed E-state index contributed by atoms with van der Waals surface area (Å²) in [5.74, 6) is -0.0832. The van der Waals surface area contributed by atoms with Gasteiger partial charge in [0.1, 0.15) is 24.0 Å². The third-order valence-electron chi connectivity index (χ3n) is 6.30. The van der Waals surface area contributed by atoms with E-state index in [0.717, 1.165) is 5.56 Å². The van der Waals surface area contributed by atoms with Gasteiger partial charge >= 0.3 is 6.09 Å². The molecule has 0 bridgehead atoms. The highest BCUT2D eigenvalue weighted by Crippen LogP contribution is 2.51. The minimum atomic E-state index is -0.839. The number of pyridine rings is 1. The van der Waals surface area contributed by atoms with E-state index in [2.05, 4.69) is 4.98 Å². The van der Waals surface area contributed by atoms with Crippen molar-refractivity contribution in [1.82, 2.24) is 9.88 Å². The molecule has 2 unspecified atom stereocenters. The summed E-state index contributed by atoms with van der Waals surface area (Å²) in [6.07, 6.45) is 1.31. The molecule has 0 saturated carbocycles. The van der Waals surface area contributed by atoms with Gasteiger partial charge in [-0.05, 0) is 43.7 Å². The van der Waals surface area contributed by atoms with E-state index in [1.54, 1.807) is 17.0 Å². The number of piperidine rings is 1. The van der Waals surface area contributed by atoms with E-state index in [9.17, 15) is 9.18 Å². The zero-order chi connectivity index (χ0) is 22.5. The van der Waals surface area contributed by atoms with E-state index in [1.165, 1.54) is 6.20 Å². The predicted molar refractivity (Wildman–Crippen MR) is 115 cm³/mol. The van der Waals surface area contributed by atoms with E-state index >= 15 is 0 Å². The highest BCUT2D eigenvalue weighted by molar-refractivity contribution is 5.76. The van der Waals surface area contributed by atoms with Crippen molar-refractivity contribution in [1.29, 1.82) is 0 Å². The monoisotopic (exact) mass is 440 g/mol. The Morgan fingerprint density at radius 3 is 2.94 bits per heavy atom. The molecule has 5 rings (SSSR count). The van der Waals surface area contributed by atoms with Gasteiger partial charge in [-0.3, -0.25) is 0 Å². The Bertz CT molecular complexity index is 1090. The van der Waals surface area contributed by atoms with Crippen molar-refractivity contribution < 1.29 is 23.4 Å². The van der Waals surface area contributed by atoms with Gasteiger partial charge in [-0.25, -0.2) is 14.8 Å². The Labute approximate surface area is 185 Å². The van der Waals surface area contributed by atoms with Crippen molar-refractivity contribution in [3.63, 3.8) is 0 Å². The topological polar surface area (TPSA) is 99.3 Å². The predicted octanol–water partition coefficient (Wildman–Crippen LogP) is 3.06. The maximum absolute atomic E-state index is 14.4. The molecular formula is C23H25FN4O4. The Kier molecular flexibility index (Phi) is 4.91. The zero-order valence-corrected chi connectivity index (χ0v) is 18.0. The number of carbonyl (C=O) groups is 1. The summed E-state index contributed by atoms with van der Waals surface area (Å²) in [7, 11) is 0. The molecule has 9 heteroatoms. The van der Waals surface area contributed by atoms with Crippen molar-refractivity contribution in [3.8, 4) is 16.9 Å². The SMILES string of the molecule is CC(C)OC(=O)N1CCC2Oc3ccc(-c4cccnc4F)cc3C3(COC(N)=N3)[C@H]2C1. The van der Waals surface area contributed by atoms with Crippen LogP contribution >= 0.6 is 0 Å². The molecule has 1 spiro atoms. The maximum Gasteiger partial charge on any atom is 0.410 e. The molecule has 2 aromatic rings. The lowest BCUT2D eigenvalue weighted by Crippen LogP contribution is -2.58. The zero-order valence-electron chi connectivity index (χ0n) is 18.0. The Morgan fingerprint density at radius 1 is 1.38 bits per heavy atom. The molecule has 2 N–H and O–H groups in total. The van der Waals surface area contributed by atoms with Crippen LogP contribution in [0.25, 0.3) is 11.1 Å². The summed E-state index contributed by atoms with van der Waals surface area (Å²) in [4.78, 5) is 22.8. The lowest BCUT2D eigenvalue weighted by molar-refractivity contribution is -0.0257. The van der Waals surface area contributed by atoms with Crippen LogP contribution in [-0.4, -0.2) is 53.9 Å². The third-order valence-corrected chi connectivity index (χ3v) is 6.30. The summed E-state index contributed by atoms with van der Waals surface area (Å²) < 4.78 is 31.8. The van der Waals surface area contributed by atoms with Gasteiger partial charge < -0.3 is 24.8 Å². The number of aliphatic imine (C=N–C) groups is 1. The molecule has 3 aliphatic rings. The van der Waals surface area contributed by atoms with Gasteiger partial charge in [0.2, 0.25) is 5.95 Å². The number of nitrogens with zero attached hydrogens (tertiary/aromatic N) is 3. The van der Waals surface area contributed by atoms with Gasteiger partial charge in [0.25, 0.3) is 6.02 Å². The summed E-state index contributed by atoms with van der Waals surface area (Å²) in [5, 5.41) is 0.